The van der Waals surface area contributed by atoms with Gasteiger partial charge in [0.15, 0.2) is 0 Å². The summed E-state index contributed by atoms with van der Waals surface area (Å²) in [6, 6.07) is 11.1. The van der Waals surface area contributed by atoms with Gasteiger partial charge in [0.05, 0.1) is 0 Å². The van der Waals surface area contributed by atoms with E-state index in [2.05, 4.69) is 10.6 Å². The van der Waals surface area contributed by atoms with Crippen LogP contribution in [0, 0.1) is 20.8 Å². The molecular formula is C24H32N4O2. The first-order chi connectivity index (χ1) is 14.3. The first-order valence-electron chi connectivity index (χ1n) is 10.6. The highest BCUT2D eigenvalue weighted by Gasteiger charge is 2.26. The molecule has 0 bridgehead atoms. The van der Waals surface area contributed by atoms with Gasteiger partial charge >= 0.3 is 0 Å². The number of carbonyl (C=O) groups excluding carboxylic acids is 2. The molecule has 0 spiro atoms. The van der Waals surface area contributed by atoms with Crippen molar-refractivity contribution < 1.29 is 9.59 Å². The largest absolute Gasteiger partial charge is 0.398 e. The van der Waals surface area contributed by atoms with Crippen molar-refractivity contribution in [3.63, 3.8) is 0 Å². The maximum absolute atomic E-state index is 12.7. The molecule has 1 heterocycles. The smallest absolute Gasteiger partial charge is 0.253 e. The Balaban J connectivity index is 1.54. The molecule has 4 N–H and O–H groups in total. The van der Waals surface area contributed by atoms with Crippen molar-refractivity contribution in [2.75, 3.05) is 24.1 Å². The number of carbonyl (C=O) groups is 2. The summed E-state index contributed by atoms with van der Waals surface area (Å²) in [7, 11) is 0. The summed E-state index contributed by atoms with van der Waals surface area (Å²) in [5.41, 5.74) is 11.6. The van der Waals surface area contributed by atoms with E-state index in [9.17, 15) is 9.59 Å². The number of hydrogen-bond acceptors (Lipinski definition) is 4. The molecule has 0 aliphatic carbocycles. The third-order valence-electron chi connectivity index (χ3n) is 5.93. The summed E-state index contributed by atoms with van der Waals surface area (Å²) in [5.74, 6) is 0.0131. The number of nitrogens with zero attached hydrogens (tertiary/aromatic N) is 1. The second kappa shape index (κ2) is 9.20. The normalized spacial score (nSPS) is 15.5. The van der Waals surface area contributed by atoms with Crippen molar-refractivity contribution in [1.82, 2.24) is 10.2 Å². The summed E-state index contributed by atoms with van der Waals surface area (Å²) in [6.07, 6.45) is 1.51. The Bertz CT molecular complexity index is 919. The lowest BCUT2D eigenvalue weighted by Gasteiger charge is -2.33. The Morgan fingerprint density at radius 3 is 2.33 bits per heavy atom. The summed E-state index contributed by atoms with van der Waals surface area (Å²) in [5, 5.41) is 6.46. The quantitative estimate of drug-likeness (QED) is 0.662. The van der Waals surface area contributed by atoms with Gasteiger partial charge < -0.3 is 21.3 Å². The molecule has 1 unspecified atom stereocenters. The fourth-order valence-corrected chi connectivity index (χ4v) is 4.02. The van der Waals surface area contributed by atoms with Gasteiger partial charge in [0.25, 0.3) is 5.91 Å². The maximum Gasteiger partial charge on any atom is 0.253 e. The third-order valence-corrected chi connectivity index (χ3v) is 5.93. The van der Waals surface area contributed by atoms with Gasteiger partial charge in [0.1, 0.15) is 6.04 Å². The van der Waals surface area contributed by atoms with Crippen LogP contribution in [0.4, 0.5) is 11.4 Å². The van der Waals surface area contributed by atoms with Crippen molar-refractivity contribution >= 4 is 23.2 Å². The summed E-state index contributed by atoms with van der Waals surface area (Å²) in [4.78, 5) is 27.2. The van der Waals surface area contributed by atoms with Crippen molar-refractivity contribution in [1.29, 1.82) is 0 Å². The van der Waals surface area contributed by atoms with Gasteiger partial charge in [-0.1, -0.05) is 24.3 Å². The SMILES string of the molecule is Cc1cc(C)c(NC(C)C(=O)NC2CCN(C(=O)c3ccccc3)CC2)c(C)c1N. The predicted octanol–water partition coefficient (Wildman–Crippen LogP) is 3.42. The topological polar surface area (TPSA) is 87.5 Å². The van der Waals surface area contributed by atoms with Crippen LogP contribution in [-0.4, -0.2) is 41.9 Å². The molecule has 2 amide bonds. The minimum absolute atomic E-state index is 0.0409. The van der Waals surface area contributed by atoms with E-state index in [1.807, 2.05) is 69.0 Å². The number of nitrogen functional groups attached to an aromatic ring is 1. The second-order valence-corrected chi connectivity index (χ2v) is 8.23. The summed E-state index contributed by atoms with van der Waals surface area (Å²) in [6.45, 7) is 9.14. The van der Waals surface area contributed by atoms with E-state index in [-0.39, 0.29) is 23.9 Å². The highest BCUT2D eigenvalue weighted by atomic mass is 16.2. The van der Waals surface area contributed by atoms with Crippen LogP contribution in [0.1, 0.15) is 46.8 Å². The van der Waals surface area contributed by atoms with Gasteiger partial charge in [0.2, 0.25) is 5.91 Å². The molecule has 0 radical (unpaired) electrons. The Kier molecular flexibility index (Phi) is 6.65. The van der Waals surface area contributed by atoms with E-state index in [1.54, 1.807) is 0 Å². The van der Waals surface area contributed by atoms with Crippen LogP contribution in [0.2, 0.25) is 0 Å². The van der Waals surface area contributed by atoms with Gasteiger partial charge in [-0.2, -0.15) is 0 Å². The lowest BCUT2D eigenvalue weighted by molar-refractivity contribution is -0.122. The van der Waals surface area contributed by atoms with Crippen molar-refractivity contribution in [2.45, 2.75) is 52.6 Å². The van der Waals surface area contributed by atoms with Crippen molar-refractivity contribution in [3.8, 4) is 0 Å². The van der Waals surface area contributed by atoms with Crippen molar-refractivity contribution in [3.05, 3.63) is 58.7 Å². The number of nitrogens with two attached hydrogens (primary N) is 1. The molecule has 3 rings (SSSR count). The number of nitrogens with one attached hydrogen (secondary N) is 2. The van der Waals surface area contributed by atoms with Crippen LogP contribution in [0.25, 0.3) is 0 Å². The third kappa shape index (κ3) is 4.75. The predicted molar refractivity (Wildman–Crippen MR) is 122 cm³/mol. The summed E-state index contributed by atoms with van der Waals surface area (Å²) >= 11 is 0. The first-order valence-corrected chi connectivity index (χ1v) is 10.6. The monoisotopic (exact) mass is 408 g/mol. The molecule has 1 fully saturated rings. The molecule has 6 heteroatoms. The molecule has 0 saturated carbocycles. The minimum atomic E-state index is -0.381. The first kappa shape index (κ1) is 21.7. The molecule has 0 aromatic heterocycles. The molecular weight excluding hydrogens is 376 g/mol. The molecule has 6 nitrogen and oxygen atoms in total. The lowest BCUT2D eigenvalue weighted by Crippen LogP contribution is -2.49. The molecule has 1 aliphatic heterocycles. The number of aryl methyl sites for hydroxylation is 2. The highest BCUT2D eigenvalue weighted by molar-refractivity contribution is 5.94. The molecule has 1 atom stereocenters. The molecule has 1 saturated heterocycles. The highest BCUT2D eigenvalue weighted by Crippen LogP contribution is 2.29. The number of anilines is 2. The van der Waals surface area contributed by atoms with E-state index in [4.69, 9.17) is 5.73 Å². The zero-order chi connectivity index (χ0) is 21.8. The van der Waals surface area contributed by atoms with E-state index in [1.165, 1.54) is 0 Å². The maximum atomic E-state index is 12.7. The average Bonchev–Trinajstić information content (AvgIpc) is 2.75. The zero-order valence-corrected chi connectivity index (χ0v) is 18.3. The van der Waals surface area contributed by atoms with Gasteiger partial charge in [-0.05, 0) is 69.4 Å². The van der Waals surface area contributed by atoms with Gasteiger partial charge in [-0.15, -0.1) is 0 Å². The Morgan fingerprint density at radius 2 is 1.70 bits per heavy atom. The number of benzene rings is 2. The lowest BCUT2D eigenvalue weighted by atomic mass is 10.0. The van der Waals surface area contributed by atoms with E-state index < -0.39 is 0 Å². The van der Waals surface area contributed by atoms with Crippen LogP contribution in [0.3, 0.4) is 0 Å². The Labute approximate surface area is 178 Å². The van der Waals surface area contributed by atoms with Gasteiger partial charge in [-0.3, -0.25) is 9.59 Å². The number of hydrogen-bond donors (Lipinski definition) is 3. The number of piperidine rings is 1. The van der Waals surface area contributed by atoms with Crippen LogP contribution >= 0.6 is 0 Å². The fourth-order valence-electron chi connectivity index (χ4n) is 4.02. The Hall–Kier alpha value is -3.02. The average molecular weight is 409 g/mol. The zero-order valence-electron chi connectivity index (χ0n) is 18.3. The summed E-state index contributed by atoms with van der Waals surface area (Å²) < 4.78 is 0. The van der Waals surface area contributed by atoms with Crippen LogP contribution in [0.15, 0.2) is 36.4 Å². The van der Waals surface area contributed by atoms with E-state index in [0.29, 0.717) is 18.7 Å². The molecule has 1 aliphatic rings. The van der Waals surface area contributed by atoms with Crippen LogP contribution in [0.5, 0.6) is 0 Å². The fraction of sp³-hybridized carbons (Fsp3) is 0.417. The molecule has 2 aromatic carbocycles. The van der Waals surface area contributed by atoms with E-state index >= 15 is 0 Å². The van der Waals surface area contributed by atoms with Gasteiger partial charge in [-0.25, -0.2) is 0 Å². The number of amides is 2. The van der Waals surface area contributed by atoms with Crippen molar-refractivity contribution in [2.24, 2.45) is 0 Å². The second-order valence-electron chi connectivity index (χ2n) is 8.23. The van der Waals surface area contributed by atoms with Crippen LogP contribution in [-0.2, 0) is 4.79 Å². The molecule has 160 valence electrons. The minimum Gasteiger partial charge on any atom is -0.398 e. The van der Waals surface area contributed by atoms with Crippen LogP contribution < -0.4 is 16.4 Å². The number of rotatable bonds is 5. The Morgan fingerprint density at radius 1 is 1.07 bits per heavy atom. The number of likely N-dealkylation sites (tertiary alicyclic amines) is 1. The molecule has 2 aromatic rings. The van der Waals surface area contributed by atoms with Gasteiger partial charge in [0, 0.05) is 36.1 Å². The standard InChI is InChI=1S/C24H32N4O2/c1-15-14-16(2)22(17(3)21(15)25)26-18(4)23(29)27-20-10-12-28(13-11-20)24(30)19-8-6-5-7-9-19/h5-9,14,18,20,26H,10-13,25H2,1-4H3,(H,27,29). The molecule has 30 heavy (non-hydrogen) atoms. The van der Waals surface area contributed by atoms with E-state index in [0.717, 1.165) is 40.9 Å².